The van der Waals surface area contributed by atoms with Gasteiger partial charge in [0.2, 0.25) is 0 Å². The van der Waals surface area contributed by atoms with E-state index in [1.165, 1.54) is 12.1 Å². The van der Waals surface area contributed by atoms with Gasteiger partial charge in [0, 0.05) is 11.3 Å². The highest BCUT2D eigenvalue weighted by Gasteiger charge is 2.15. The molecule has 2 aromatic heterocycles. The summed E-state index contributed by atoms with van der Waals surface area (Å²) in [6, 6.07) is 15.1. The maximum absolute atomic E-state index is 13.0. The average Bonchev–Trinajstić information content (AvgIpc) is 3.02. The number of hydrogen-bond acceptors (Lipinski definition) is 5. The zero-order valence-corrected chi connectivity index (χ0v) is 15.0. The molecular weight excluding hydrogens is 369 g/mol. The van der Waals surface area contributed by atoms with Crippen molar-refractivity contribution < 1.29 is 12.8 Å². The molecule has 2 aromatic carbocycles. The first-order chi connectivity index (χ1) is 12.9. The Kier molecular flexibility index (Phi) is 4.08. The van der Waals surface area contributed by atoms with E-state index >= 15 is 0 Å². The van der Waals surface area contributed by atoms with Crippen molar-refractivity contribution in [2.45, 2.75) is 11.8 Å². The van der Waals surface area contributed by atoms with E-state index < -0.39 is 15.8 Å². The third kappa shape index (κ3) is 3.36. The van der Waals surface area contributed by atoms with Gasteiger partial charge in [-0.3, -0.25) is 4.72 Å². The van der Waals surface area contributed by atoms with Gasteiger partial charge < -0.3 is 0 Å². The maximum Gasteiger partial charge on any atom is 0.261 e. The van der Waals surface area contributed by atoms with Crippen molar-refractivity contribution in [2.75, 3.05) is 4.72 Å². The van der Waals surface area contributed by atoms with Gasteiger partial charge in [0.05, 0.1) is 10.6 Å². The van der Waals surface area contributed by atoms with E-state index in [2.05, 4.69) is 20.0 Å². The van der Waals surface area contributed by atoms with Crippen LogP contribution in [-0.2, 0) is 10.0 Å². The van der Waals surface area contributed by atoms with E-state index in [0.29, 0.717) is 22.9 Å². The van der Waals surface area contributed by atoms with E-state index in [9.17, 15) is 12.8 Å². The standard InChI is InChI=1S/C18H14FN5O2S/c1-12-20-21-18-10-9-17(22-24(12)18)13-3-2-4-15(11-13)23-27(25,26)16-7-5-14(19)6-8-16/h2-11,23H,1H3. The highest BCUT2D eigenvalue weighted by atomic mass is 32.2. The molecule has 9 heteroatoms. The Bertz CT molecular complexity index is 1240. The molecule has 0 unspecified atom stereocenters. The van der Waals surface area contributed by atoms with Crippen LogP contribution in [0.1, 0.15) is 5.82 Å². The van der Waals surface area contributed by atoms with Gasteiger partial charge in [-0.15, -0.1) is 10.2 Å². The summed E-state index contributed by atoms with van der Waals surface area (Å²) in [7, 11) is -3.82. The van der Waals surface area contributed by atoms with Gasteiger partial charge in [0.15, 0.2) is 11.5 Å². The molecule has 0 aliphatic heterocycles. The van der Waals surface area contributed by atoms with Crippen LogP contribution in [0, 0.1) is 12.7 Å². The average molecular weight is 383 g/mol. The number of nitrogens with one attached hydrogen (secondary N) is 1. The molecule has 2 heterocycles. The molecule has 7 nitrogen and oxygen atoms in total. The van der Waals surface area contributed by atoms with Crippen LogP contribution < -0.4 is 4.72 Å². The number of aryl methyl sites for hydroxylation is 1. The van der Waals surface area contributed by atoms with Crippen LogP contribution in [0.4, 0.5) is 10.1 Å². The van der Waals surface area contributed by atoms with Crippen LogP contribution in [0.2, 0.25) is 0 Å². The number of rotatable bonds is 4. The first-order valence-corrected chi connectivity index (χ1v) is 9.49. The number of anilines is 1. The van der Waals surface area contributed by atoms with Crippen LogP contribution in [0.15, 0.2) is 65.6 Å². The lowest BCUT2D eigenvalue weighted by Crippen LogP contribution is -2.13. The summed E-state index contributed by atoms with van der Waals surface area (Å²) in [6.45, 7) is 1.80. The fourth-order valence-electron chi connectivity index (χ4n) is 2.62. The second-order valence-electron chi connectivity index (χ2n) is 5.88. The normalized spacial score (nSPS) is 11.6. The van der Waals surface area contributed by atoms with E-state index in [-0.39, 0.29) is 4.90 Å². The van der Waals surface area contributed by atoms with Gasteiger partial charge in [0.25, 0.3) is 10.0 Å². The molecule has 0 atom stereocenters. The fourth-order valence-corrected chi connectivity index (χ4v) is 3.67. The van der Waals surface area contributed by atoms with Crippen molar-refractivity contribution in [1.29, 1.82) is 0 Å². The summed E-state index contributed by atoms with van der Waals surface area (Å²) < 4.78 is 42.1. The summed E-state index contributed by atoms with van der Waals surface area (Å²) in [4.78, 5) is -0.0195. The molecule has 0 aliphatic carbocycles. The molecule has 0 amide bonds. The van der Waals surface area contributed by atoms with E-state index in [0.717, 1.165) is 17.7 Å². The minimum Gasteiger partial charge on any atom is -0.280 e. The fraction of sp³-hybridized carbons (Fsp3) is 0.0556. The Morgan fingerprint density at radius 1 is 1.00 bits per heavy atom. The maximum atomic E-state index is 13.0. The van der Waals surface area contributed by atoms with Crippen LogP contribution in [0.25, 0.3) is 16.9 Å². The Hall–Kier alpha value is -3.33. The number of nitrogens with zero attached hydrogens (tertiary/aromatic N) is 4. The predicted molar refractivity (Wildman–Crippen MR) is 98.2 cm³/mol. The molecular formula is C18H14FN5O2S. The third-order valence-corrected chi connectivity index (χ3v) is 5.35. The van der Waals surface area contributed by atoms with Gasteiger partial charge in [-0.1, -0.05) is 12.1 Å². The lowest BCUT2D eigenvalue weighted by molar-refractivity contribution is 0.599. The topological polar surface area (TPSA) is 89.2 Å². The van der Waals surface area contributed by atoms with Crippen molar-refractivity contribution in [3.63, 3.8) is 0 Å². The number of aromatic nitrogens is 4. The second-order valence-corrected chi connectivity index (χ2v) is 7.56. The molecule has 0 radical (unpaired) electrons. The number of fused-ring (bicyclic) bond motifs is 1. The number of hydrogen-bond donors (Lipinski definition) is 1. The SMILES string of the molecule is Cc1nnc2ccc(-c3cccc(NS(=O)(=O)c4ccc(F)cc4)c3)nn12. The zero-order valence-electron chi connectivity index (χ0n) is 14.2. The number of halogens is 1. The van der Waals surface area contributed by atoms with Gasteiger partial charge in [0.1, 0.15) is 5.82 Å². The zero-order chi connectivity index (χ0) is 19.0. The molecule has 0 aliphatic rings. The summed E-state index contributed by atoms with van der Waals surface area (Å²) in [5.74, 6) is 0.154. The second kappa shape index (κ2) is 6.44. The van der Waals surface area contributed by atoms with Gasteiger partial charge >= 0.3 is 0 Å². The summed E-state index contributed by atoms with van der Waals surface area (Å²) in [6.07, 6.45) is 0. The van der Waals surface area contributed by atoms with E-state index in [1.54, 1.807) is 41.8 Å². The first-order valence-electron chi connectivity index (χ1n) is 8.00. The van der Waals surface area contributed by atoms with Crippen molar-refractivity contribution in [3.05, 3.63) is 72.3 Å². The van der Waals surface area contributed by atoms with E-state index in [4.69, 9.17) is 0 Å². The summed E-state index contributed by atoms with van der Waals surface area (Å²) in [5.41, 5.74) is 2.38. The predicted octanol–water partition coefficient (Wildman–Crippen LogP) is 3.04. The quantitative estimate of drug-likeness (QED) is 0.585. The Morgan fingerprint density at radius 2 is 1.78 bits per heavy atom. The van der Waals surface area contributed by atoms with Crippen LogP contribution in [0.5, 0.6) is 0 Å². The van der Waals surface area contributed by atoms with Crippen molar-refractivity contribution in [3.8, 4) is 11.3 Å². The van der Waals surface area contributed by atoms with Gasteiger partial charge in [-0.25, -0.2) is 12.8 Å². The lowest BCUT2D eigenvalue weighted by Gasteiger charge is -2.10. The molecule has 4 aromatic rings. The molecule has 1 N–H and O–H groups in total. The lowest BCUT2D eigenvalue weighted by atomic mass is 10.1. The highest BCUT2D eigenvalue weighted by Crippen LogP contribution is 2.23. The number of sulfonamides is 1. The first kappa shape index (κ1) is 17.1. The largest absolute Gasteiger partial charge is 0.280 e. The van der Waals surface area contributed by atoms with Crippen LogP contribution in [0.3, 0.4) is 0 Å². The molecule has 27 heavy (non-hydrogen) atoms. The molecule has 0 spiro atoms. The van der Waals surface area contributed by atoms with Crippen molar-refractivity contribution >= 4 is 21.4 Å². The van der Waals surface area contributed by atoms with Crippen molar-refractivity contribution in [2.24, 2.45) is 0 Å². The molecule has 136 valence electrons. The van der Waals surface area contributed by atoms with E-state index in [1.807, 2.05) is 6.07 Å². The van der Waals surface area contributed by atoms with Crippen LogP contribution in [-0.4, -0.2) is 28.2 Å². The molecule has 0 fully saturated rings. The molecule has 0 saturated heterocycles. The molecule has 0 saturated carbocycles. The third-order valence-electron chi connectivity index (χ3n) is 3.95. The Labute approximate surface area is 154 Å². The smallest absolute Gasteiger partial charge is 0.261 e. The van der Waals surface area contributed by atoms with Gasteiger partial charge in [-0.05, 0) is 55.5 Å². The minimum absolute atomic E-state index is 0.0195. The Morgan fingerprint density at radius 3 is 2.56 bits per heavy atom. The number of benzene rings is 2. The van der Waals surface area contributed by atoms with Gasteiger partial charge in [-0.2, -0.15) is 9.61 Å². The monoisotopic (exact) mass is 383 g/mol. The Balaban J connectivity index is 1.67. The summed E-state index contributed by atoms with van der Waals surface area (Å²) >= 11 is 0. The molecule has 0 bridgehead atoms. The highest BCUT2D eigenvalue weighted by molar-refractivity contribution is 7.92. The molecule has 4 rings (SSSR count). The van der Waals surface area contributed by atoms with Crippen molar-refractivity contribution in [1.82, 2.24) is 19.8 Å². The van der Waals surface area contributed by atoms with Crippen LogP contribution >= 0.6 is 0 Å². The minimum atomic E-state index is -3.82. The summed E-state index contributed by atoms with van der Waals surface area (Å²) in [5, 5.41) is 12.4.